The van der Waals surface area contributed by atoms with Crippen LogP contribution in [0.1, 0.15) is 36.2 Å². The minimum Gasteiger partial charge on any atom is -0.457 e. The fourth-order valence-corrected chi connectivity index (χ4v) is 2.91. The van der Waals surface area contributed by atoms with Crippen LogP contribution in [0.25, 0.3) is 0 Å². The highest BCUT2D eigenvalue weighted by atomic mass is 16.6. The van der Waals surface area contributed by atoms with Gasteiger partial charge in [0.25, 0.3) is 0 Å². The fraction of sp³-hybridized carbons (Fsp3) is 0.600. The van der Waals surface area contributed by atoms with Gasteiger partial charge in [0.2, 0.25) is 0 Å². The van der Waals surface area contributed by atoms with E-state index in [0.717, 1.165) is 25.7 Å². The Hall–Kier alpha value is -1.66. The van der Waals surface area contributed by atoms with Gasteiger partial charge in [-0.2, -0.15) is 0 Å². The predicted octanol–water partition coefficient (Wildman–Crippen LogP) is 1.55. The summed E-state index contributed by atoms with van der Waals surface area (Å²) in [6.45, 7) is 2.04. The standard InChI is InChI=1S/C15H20N2O4/c16-11-1-2-13(17-10-11)14(18)21-12-3-6-20-15(9-12)4-7-19-8-5-15/h1-2,10,12H,3-9,16H2. The Morgan fingerprint density at radius 1 is 1.33 bits per heavy atom. The molecule has 0 aromatic carbocycles. The Morgan fingerprint density at radius 2 is 2.14 bits per heavy atom. The molecule has 2 aliphatic rings. The number of pyridine rings is 1. The van der Waals surface area contributed by atoms with Crippen LogP contribution in [0.3, 0.4) is 0 Å². The number of anilines is 1. The van der Waals surface area contributed by atoms with Crippen molar-refractivity contribution in [3.8, 4) is 0 Å². The second-order valence-corrected chi connectivity index (χ2v) is 5.64. The van der Waals surface area contributed by atoms with Crippen molar-refractivity contribution in [2.24, 2.45) is 0 Å². The van der Waals surface area contributed by atoms with Crippen molar-refractivity contribution >= 4 is 11.7 Å². The molecule has 2 saturated heterocycles. The van der Waals surface area contributed by atoms with E-state index in [1.54, 1.807) is 12.1 Å². The minimum atomic E-state index is -0.399. The van der Waals surface area contributed by atoms with Crippen LogP contribution in [0.15, 0.2) is 18.3 Å². The first kappa shape index (κ1) is 14.3. The smallest absolute Gasteiger partial charge is 0.357 e. The average Bonchev–Trinajstić information content (AvgIpc) is 2.49. The highest BCUT2D eigenvalue weighted by Gasteiger charge is 2.40. The molecule has 1 aromatic rings. The minimum absolute atomic E-state index is 0.122. The summed E-state index contributed by atoms with van der Waals surface area (Å²) >= 11 is 0. The third-order valence-corrected chi connectivity index (χ3v) is 4.12. The zero-order chi connectivity index (χ0) is 14.7. The van der Waals surface area contributed by atoms with E-state index in [4.69, 9.17) is 19.9 Å². The molecule has 0 radical (unpaired) electrons. The van der Waals surface area contributed by atoms with Crippen molar-refractivity contribution in [2.75, 3.05) is 25.6 Å². The molecule has 0 bridgehead atoms. The third kappa shape index (κ3) is 3.33. The fourth-order valence-electron chi connectivity index (χ4n) is 2.91. The molecular formula is C15H20N2O4. The molecule has 1 spiro atoms. The molecule has 114 valence electrons. The van der Waals surface area contributed by atoms with E-state index in [1.807, 2.05) is 0 Å². The molecule has 0 saturated carbocycles. The first-order valence-electron chi connectivity index (χ1n) is 7.31. The lowest BCUT2D eigenvalue weighted by Crippen LogP contribution is -2.47. The van der Waals surface area contributed by atoms with Crippen molar-refractivity contribution in [1.29, 1.82) is 0 Å². The maximum atomic E-state index is 12.1. The van der Waals surface area contributed by atoms with Gasteiger partial charge < -0.3 is 19.9 Å². The maximum absolute atomic E-state index is 12.1. The summed E-state index contributed by atoms with van der Waals surface area (Å²) in [5.41, 5.74) is 6.19. The normalized spacial score (nSPS) is 24.7. The molecule has 21 heavy (non-hydrogen) atoms. The highest BCUT2D eigenvalue weighted by Crippen LogP contribution is 2.35. The topological polar surface area (TPSA) is 83.7 Å². The molecule has 1 atom stereocenters. The van der Waals surface area contributed by atoms with Crippen LogP contribution in [0, 0.1) is 0 Å². The number of carbonyl (C=O) groups excluding carboxylic acids is 1. The summed E-state index contributed by atoms with van der Waals surface area (Å²) in [5.74, 6) is -0.399. The summed E-state index contributed by atoms with van der Waals surface area (Å²) in [5, 5.41) is 0. The van der Waals surface area contributed by atoms with E-state index in [0.29, 0.717) is 25.5 Å². The molecule has 1 aromatic heterocycles. The monoisotopic (exact) mass is 292 g/mol. The average molecular weight is 292 g/mol. The Bertz CT molecular complexity index is 491. The van der Waals surface area contributed by atoms with Gasteiger partial charge in [-0.25, -0.2) is 9.78 Å². The van der Waals surface area contributed by atoms with Crippen LogP contribution < -0.4 is 5.73 Å². The van der Waals surface area contributed by atoms with E-state index < -0.39 is 5.97 Å². The van der Waals surface area contributed by atoms with Gasteiger partial charge in [-0.05, 0) is 25.0 Å². The molecule has 6 heteroatoms. The Balaban J connectivity index is 1.61. The van der Waals surface area contributed by atoms with Crippen LogP contribution >= 0.6 is 0 Å². The maximum Gasteiger partial charge on any atom is 0.357 e. The number of rotatable bonds is 2. The molecule has 0 aliphatic carbocycles. The molecule has 6 nitrogen and oxygen atoms in total. The highest BCUT2D eigenvalue weighted by molar-refractivity contribution is 5.87. The number of esters is 1. The van der Waals surface area contributed by atoms with Gasteiger partial charge in [0.05, 0.1) is 24.1 Å². The quantitative estimate of drug-likeness (QED) is 0.833. The Morgan fingerprint density at radius 3 is 2.86 bits per heavy atom. The largest absolute Gasteiger partial charge is 0.457 e. The second kappa shape index (κ2) is 5.99. The number of nitrogens with zero attached hydrogens (tertiary/aromatic N) is 1. The lowest BCUT2D eigenvalue weighted by molar-refractivity contribution is -0.160. The summed E-state index contributed by atoms with van der Waals surface area (Å²) in [7, 11) is 0. The number of aromatic nitrogens is 1. The molecule has 1 unspecified atom stereocenters. The van der Waals surface area contributed by atoms with Crippen molar-refractivity contribution < 1.29 is 19.0 Å². The zero-order valence-corrected chi connectivity index (χ0v) is 11.9. The molecule has 2 fully saturated rings. The van der Waals surface area contributed by atoms with Crippen LogP contribution in [0.5, 0.6) is 0 Å². The number of carbonyl (C=O) groups is 1. The van der Waals surface area contributed by atoms with Crippen LogP contribution in [-0.4, -0.2) is 42.5 Å². The van der Waals surface area contributed by atoms with Gasteiger partial charge in [0.15, 0.2) is 0 Å². The van der Waals surface area contributed by atoms with Gasteiger partial charge in [-0.1, -0.05) is 0 Å². The SMILES string of the molecule is Nc1ccc(C(=O)OC2CCOC3(CCOCC3)C2)nc1. The zero-order valence-electron chi connectivity index (χ0n) is 11.9. The Labute approximate surface area is 123 Å². The number of ether oxygens (including phenoxy) is 3. The van der Waals surface area contributed by atoms with Gasteiger partial charge in [0.1, 0.15) is 11.8 Å². The molecule has 3 rings (SSSR count). The van der Waals surface area contributed by atoms with E-state index in [1.165, 1.54) is 6.20 Å². The van der Waals surface area contributed by atoms with Crippen molar-refractivity contribution in [3.63, 3.8) is 0 Å². The molecule has 3 heterocycles. The van der Waals surface area contributed by atoms with E-state index >= 15 is 0 Å². The molecule has 0 amide bonds. The lowest BCUT2D eigenvalue weighted by Gasteiger charge is -2.42. The molecule has 2 N–H and O–H groups in total. The molecule has 2 aliphatic heterocycles. The van der Waals surface area contributed by atoms with Crippen molar-refractivity contribution in [1.82, 2.24) is 4.98 Å². The van der Waals surface area contributed by atoms with E-state index in [2.05, 4.69) is 4.98 Å². The van der Waals surface area contributed by atoms with Crippen LogP contribution in [-0.2, 0) is 14.2 Å². The summed E-state index contributed by atoms with van der Waals surface area (Å²) in [6, 6.07) is 3.23. The van der Waals surface area contributed by atoms with Gasteiger partial charge in [-0.3, -0.25) is 0 Å². The van der Waals surface area contributed by atoms with Crippen LogP contribution in [0.4, 0.5) is 5.69 Å². The Kier molecular flexibility index (Phi) is 4.07. The number of hydrogen-bond acceptors (Lipinski definition) is 6. The summed E-state index contributed by atoms with van der Waals surface area (Å²) < 4.78 is 16.9. The first-order valence-corrected chi connectivity index (χ1v) is 7.31. The number of nitrogen functional groups attached to an aromatic ring is 1. The van der Waals surface area contributed by atoms with E-state index in [-0.39, 0.29) is 17.4 Å². The van der Waals surface area contributed by atoms with Gasteiger partial charge in [0, 0.05) is 26.1 Å². The van der Waals surface area contributed by atoms with Crippen molar-refractivity contribution in [2.45, 2.75) is 37.4 Å². The third-order valence-electron chi connectivity index (χ3n) is 4.12. The summed E-state index contributed by atoms with van der Waals surface area (Å²) in [4.78, 5) is 16.1. The van der Waals surface area contributed by atoms with Crippen molar-refractivity contribution in [3.05, 3.63) is 24.0 Å². The van der Waals surface area contributed by atoms with Crippen LogP contribution in [0.2, 0.25) is 0 Å². The number of hydrogen-bond donors (Lipinski definition) is 1. The molecular weight excluding hydrogens is 272 g/mol. The second-order valence-electron chi connectivity index (χ2n) is 5.64. The van der Waals surface area contributed by atoms with E-state index in [9.17, 15) is 4.79 Å². The lowest BCUT2D eigenvalue weighted by atomic mass is 9.85. The summed E-state index contributed by atoms with van der Waals surface area (Å²) in [6.07, 6.45) is 4.52. The number of nitrogens with two attached hydrogens (primary N) is 1. The predicted molar refractivity (Wildman–Crippen MR) is 75.8 cm³/mol. The van der Waals surface area contributed by atoms with Gasteiger partial charge in [-0.15, -0.1) is 0 Å². The van der Waals surface area contributed by atoms with Gasteiger partial charge >= 0.3 is 5.97 Å². The first-order chi connectivity index (χ1) is 10.2.